The van der Waals surface area contributed by atoms with Gasteiger partial charge in [0.05, 0.1) is 7.11 Å². The highest BCUT2D eigenvalue weighted by Gasteiger charge is 2.26. The van der Waals surface area contributed by atoms with Crippen molar-refractivity contribution in [2.24, 2.45) is 11.8 Å². The summed E-state index contributed by atoms with van der Waals surface area (Å²) in [4.78, 5) is 4.15. The van der Waals surface area contributed by atoms with E-state index in [4.69, 9.17) is 4.74 Å². The monoisotopic (exact) mass is 262 g/mol. The van der Waals surface area contributed by atoms with Crippen LogP contribution < -0.4 is 10.1 Å². The van der Waals surface area contributed by atoms with Crippen molar-refractivity contribution in [3.8, 4) is 5.88 Å². The molecular formula is C16H26N2O. The molecule has 0 saturated heterocycles. The molecule has 3 nitrogen and oxygen atoms in total. The molecule has 2 unspecified atom stereocenters. The second-order valence-electron chi connectivity index (χ2n) is 5.89. The molecule has 1 aromatic rings. The fourth-order valence-corrected chi connectivity index (χ4v) is 3.13. The molecule has 0 bridgehead atoms. The van der Waals surface area contributed by atoms with Crippen LogP contribution >= 0.6 is 0 Å². The van der Waals surface area contributed by atoms with Crippen molar-refractivity contribution in [1.29, 1.82) is 0 Å². The van der Waals surface area contributed by atoms with Gasteiger partial charge < -0.3 is 10.1 Å². The quantitative estimate of drug-likeness (QED) is 0.883. The van der Waals surface area contributed by atoms with Crippen LogP contribution in [0.5, 0.6) is 5.88 Å². The van der Waals surface area contributed by atoms with Crippen molar-refractivity contribution >= 4 is 0 Å². The third kappa shape index (κ3) is 3.93. The number of nitrogens with one attached hydrogen (secondary N) is 1. The van der Waals surface area contributed by atoms with Crippen LogP contribution in [-0.2, 0) is 6.54 Å². The Hall–Kier alpha value is -1.09. The van der Waals surface area contributed by atoms with Gasteiger partial charge in [-0.2, -0.15) is 0 Å². The van der Waals surface area contributed by atoms with Crippen molar-refractivity contribution in [3.63, 3.8) is 0 Å². The Labute approximate surface area is 116 Å². The van der Waals surface area contributed by atoms with E-state index < -0.39 is 0 Å². The van der Waals surface area contributed by atoms with Crippen LogP contribution in [0.1, 0.15) is 45.1 Å². The molecule has 1 saturated carbocycles. The third-order valence-electron chi connectivity index (χ3n) is 4.25. The fraction of sp³-hybridized carbons (Fsp3) is 0.688. The Kier molecular flexibility index (Phi) is 5.20. The van der Waals surface area contributed by atoms with E-state index in [0.717, 1.165) is 18.4 Å². The number of pyridine rings is 1. The van der Waals surface area contributed by atoms with Crippen LogP contribution in [0.3, 0.4) is 0 Å². The van der Waals surface area contributed by atoms with Crippen LogP contribution in [0.2, 0.25) is 0 Å². The first-order valence-corrected chi connectivity index (χ1v) is 7.43. The summed E-state index contributed by atoms with van der Waals surface area (Å²) in [6.07, 6.45) is 7.25. The Morgan fingerprint density at radius 1 is 1.37 bits per heavy atom. The molecule has 1 aliphatic carbocycles. The summed E-state index contributed by atoms with van der Waals surface area (Å²) >= 11 is 0. The number of methoxy groups -OCH3 is 1. The van der Waals surface area contributed by atoms with Crippen molar-refractivity contribution < 1.29 is 4.74 Å². The van der Waals surface area contributed by atoms with Gasteiger partial charge in [-0.3, -0.25) is 0 Å². The SMILES string of the molecule is COc1cc(CNC2CCCCC2C(C)C)ccn1. The Balaban J connectivity index is 1.92. The molecule has 1 fully saturated rings. The Morgan fingerprint density at radius 2 is 2.16 bits per heavy atom. The zero-order valence-electron chi connectivity index (χ0n) is 12.4. The molecule has 0 radical (unpaired) electrons. The average Bonchev–Trinajstić information content (AvgIpc) is 2.45. The van der Waals surface area contributed by atoms with E-state index in [0.29, 0.717) is 11.9 Å². The molecule has 3 heteroatoms. The predicted octanol–water partition coefficient (Wildman–Crippen LogP) is 3.39. The number of ether oxygens (including phenoxy) is 1. The maximum Gasteiger partial charge on any atom is 0.213 e. The van der Waals surface area contributed by atoms with Gasteiger partial charge in [0.15, 0.2) is 0 Å². The van der Waals surface area contributed by atoms with E-state index in [9.17, 15) is 0 Å². The summed E-state index contributed by atoms with van der Waals surface area (Å²) in [6, 6.07) is 4.73. The minimum atomic E-state index is 0.660. The number of aromatic nitrogens is 1. The van der Waals surface area contributed by atoms with Gasteiger partial charge in [0.2, 0.25) is 5.88 Å². The standard InChI is InChI=1S/C16H26N2O/c1-12(2)14-6-4-5-7-15(14)18-11-13-8-9-17-16(10-13)19-3/h8-10,12,14-15,18H,4-7,11H2,1-3H3. The van der Waals surface area contributed by atoms with Crippen LogP contribution in [0.4, 0.5) is 0 Å². The average molecular weight is 262 g/mol. The van der Waals surface area contributed by atoms with Gasteiger partial charge in [0, 0.05) is 24.8 Å². The van der Waals surface area contributed by atoms with Gasteiger partial charge in [-0.05, 0) is 36.3 Å². The third-order valence-corrected chi connectivity index (χ3v) is 4.25. The summed E-state index contributed by atoms with van der Waals surface area (Å²) in [5, 5.41) is 3.74. The van der Waals surface area contributed by atoms with E-state index in [1.165, 1.54) is 31.2 Å². The molecule has 106 valence electrons. The van der Waals surface area contributed by atoms with Gasteiger partial charge in [-0.15, -0.1) is 0 Å². The first-order valence-electron chi connectivity index (χ1n) is 7.43. The largest absolute Gasteiger partial charge is 0.481 e. The molecule has 0 aliphatic heterocycles. The predicted molar refractivity (Wildman–Crippen MR) is 78.2 cm³/mol. The van der Waals surface area contributed by atoms with Crippen LogP contribution in [0.25, 0.3) is 0 Å². The topological polar surface area (TPSA) is 34.1 Å². The first-order chi connectivity index (χ1) is 9.20. The minimum Gasteiger partial charge on any atom is -0.481 e. The second-order valence-corrected chi connectivity index (χ2v) is 5.89. The number of rotatable bonds is 5. The number of hydrogen-bond donors (Lipinski definition) is 1. The highest BCUT2D eigenvalue weighted by Crippen LogP contribution is 2.30. The van der Waals surface area contributed by atoms with E-state index >= 15 is 0 Å². The zero-order valence-corrected chi connectivity index (χ0v) is 12.4. The minimum absolute atomic E-state index is 0.660. The highest BCUT2D eigenvalue weighted by atomic mass is 16.5. The van der Waals surface area contributed by atoms with Crippen LogP contribution in [0.15, 0.2) is 18.3 Å². The van der Waals surface area contributed by atoms with Gasteiger partial charge in [0.1, 0.15) is 0 Å². The smallest absolute Gasteiger partial charge is 0.213 e. The van der Waals surface area contributed by atoms with Gasteiger partial charge >= 0.3 is 0 Å². The van der Waals surface area contributed by atoms with E-state index in [-0.39, 0.29) is 0 Å². The molecule has 2 rings (SSSR count). The molecule has 1 aromatic heterocycles. The van der Waals surface area contributed by atoms with E-state index in [2.05, 4.69) is 30.2 Å². The summed E-state index contributed by atoms with van der Waals surface area (Å²) < 4.78 is 5.17. The molecule has 0 amide bonds. The lowest BCUT2D eigenvalue weighted by atomic mass is 9.78. The summed E-state index contributed by atoms with van der Waals surface area (Å²) in [7, 11) is 1.66. The van der Waals surface area contributed by atoms with Crippen molar-refractivity contribution in [1.82, 2.24) is 10.3 Å². The van der Waals surface area contributed by atoms with E-state index in [1.807, 2.05) is 12.3 Å². The van der Waals surface area contributed by atoms with Gasteiger partial charge in [-0.25, -0.2) is 4.98 Å². The maximum atomic E-state index is 5.17. The molecule has 2 atom stereocenters. The molecular weight excluding hydrogens is 236 g/mol. The van der Waals surface area contributed by atoms with Crippen LogP contribution in [-0.4, -0.2) is 18.1 Å². The van der Waals surface area contributed by atoms with Crippen LogP contribution in [0, 0.1) is 11.8 Å². The molecule has 1 heterocycles. The Bertz CT molecular complexity index is 392. The van der Waals surface area contributed by atoms with Gasteiger partial charge in [-0.1, -0.05) is 26.7 Å². The molecule has 0 spiro atoms. The lowest BCUT2D eigenvalue weighted by Gasteiger charge is -2.35. The molecule has 19 heavy (non-hydrogen) atoms. The van der Waals surface area contributed by atoms with Crippen molar-refractivity contribution in [3.05, 3.63) is 23.9 Å². The summed E-state index contributed by atoms with van der Waals surface area (Å²) in [5.74, 6) is 2.28. The first kappa shape index (κ1) is 14.3. The number of hydrogen-bond acceptors (Lipinski definition) is 3. The summed E-state index contributed by atoms with van der Waals surface area (Å²) in [5.41, 5.74) is 1.25. The maximum absolute atomic E-state index is 5.17. The molecule has 0 aromatic carbocycles. The lowest BCUT2D eigenvalue weighted by Crippen LogP contribution is -2.40. The second kappa shape index (κ2) is 6.90. The summed E-state index contributed by atoms with van der Waals surface area (Å²) in [6.45, 7) is 5.60. The Morgan fingerprint density at radius 3 is 2.89 bits per heavy atom. The number of nitrogens with zero attached hydrogens (tertiary/aromatic N) is 1. The van der Waals surface area contributed by atoms with Crippen molar-refractivity contribution in [2.45, 2.75) is 52.1 Å². The normalized spacial score (nSPS) is 23.6. The lowest BCUT2D eigenvalue weighted by molar-refractivity contribution is 0.204. The van der Waals surface area contributed by atoms with Crippen molar-refractivity contribution in [2.75, 3.05) is 7.11 Å². The molecule has 1 N–H and O–H groups in total. The zero-order chi connectivity index (χ0) is 13.7. The van der Waals surface area contributed by atoms with E-state index in [1.54, 1.807) is 7.11 Å². The molecule has 1 aliphatic rings. The highest BCUT2D eigenvalue weighted by molar-refractivity contribution is 5.20. The fourth-order valence-electron chi connectivity index (χ4n) is 3.13. The van der Waals surface area contributed by atoms with Gasteiger partial charge in [0.25, 0.3) is 0 Å².